The van der Waals surface area contributed by atoms with Gasteiger partial charge in [0.25, 0.3) is 5.56 Å². The minimum atomic E-state index is -0.325. The lowest BCUT2D eigenvalue weighted by Gasteiger charge is -2.04. The average Bonchev–Trinajstić information content (AvgIpc) is 3.00. The van der Waals surface area contributed by atoms with Crippen molar-refractivity contribution >= 4 is 11.6 Å². The summed E-state index contributed by atoms with van der Waals surface area (Å²) in [6.45, 7) is 1.99. The molecule has 0 saturated heterocycles. The van der Waals surface area contributed by atoms with Crippen LogP contribution in [-0.4, -0.2) is 19.6 Å². The average molecular weight is 326 g/mol. The molecule has 0 atom stereocenters. The molecule has 0 bridgehead atoms. The molecular weight excluding hydrogens is 314 g/mol. The fraction of sp³-hybridized carbons (Fsp3) is 0.125. The lowest BCUT2D eigenvalue weighted by Crippen LogP contribution is -2.23. The van der Waals surface area contributed by atoms with Crippen LogP contribution in [0, 0.1) is 18.3 Å². The normalized spacial score (nSPS) is 10.5. The van der Waals surface area contributed by atoms with E-state index in [9.17, 15) is 4.79 Å². The van der Waals surface area contributed by atoms with Gasteiger partial charge >= 0.3 is 0 Å². The van der Waals surface area contributed by atoms with E-state index in [-0.39, 0.29) is 17.7 Å². The number of halogens is 1. The van der Waals surface area contributed by atoms with Crippen molar-refractivity contribution in [2.75, 3.05) is 0 Å². The number of pyridine rings is 1. The van der Waals surface area contributed by atoms with Crippen LogP contribution in [0.1, 0.15) is 16.8 Å². The minimum absolute atomic E-state index is 0.151. The zero-order valence-corrected chi connectivity index (χ0v) is 13.0. The van der Waals surface area contributed by atoms with E-state index in [1.165, 1.54) is 4.57 Å². The number of hydrogen-bond donors (Lipinski definition) is 0. The summed E-state index contributed by atoms with van der Waals surface area (Å²) in [4.78, 5) is 12.2. The van der Waals surface area contributed by atoms with Crippen LogP contribution in [0.3, 0.4) is 0 Å². The molecule has 23 heavy (non-hydrogen) atoms. The van der Waals surface area contributed by atoms with Crippen LogP contribution in [-0.2, 0) is 6.54 Å². The summed E-state index contributed by atoms with van der Waals surface area (Å²) < 4.78 is 3.05. The van der Waals surface area contributed by atoms with Gasteiger partial charge in [0.2, 0.25) is 0 Å². The molecule has 0 N–H and O–H groups in total. The Bertz CT molecular complexity index is 950. The highest BCUT2D eigenvalue weighted by atomic mass is 35.5. The van der Waals surface area contributed by atoms with Crippen LogP contribution >= 0.6 is 11.6 Å². The van der Waals surface area contributed by atoms with Crippen molar-refractivity contribution < 1.29 is 0 Å². The summed E-state index contributed by atoms with van der Waals surface area (Å²) in [5, 5.41) is 17.8. The van der Waals surface area contributed by atoms with Crippen molar-refractivity contribution in [3.05, 3.63) is 74.9 Å². The highest BCUT2D eigenvalue weighted by Crippen LogP contribution is 2.13. The van der Waals surface area contributed by atoms with Gasteiger partial charge in [-0.3, -0.25) is 4.79 Å². The molecule has 7 heteroatoms. The lowest BCUT2D eigenvalue weighted by molar-refractivity contribution is 0.726. The monoisotopic (exact) mass is 325 g/mol. The standard InChI is InChI=1S/C16H12ClN5O/c1-11-6-7-21(16(23)15(11)8-18)9-13-10-22(20-19-13)14-4-2-12(17)3-5-14/h2-7,10H,9H2,1H3. The van der Waals surface area contributed by atoms with Crippen LogP contribution < -0.4 is 5.56 Å². The summed E-state index contributed by atoms with van der Waals surface area (Å²) in [6, 6.07) is 10.9. The molecule has 0 spiro atoms. The van der Waals surface area contributed by atoms with Crippen LogP contribution in [0.4, 0.5) is 0 Å². The second kappa shape index (κ2) is 6.07. The molecule has 114 valence electrons. The van der Waals surface area contributed by atoms with E-state index in [4.69, 9.17) is 16.9 Å². The Hall–Kier alpha value is -2.91. The number of nitriles is 1. The molecule has 2 aromatic heterocycles. The molecule has 0 fully saturated rings. The third-order valence-corrected chi connectivity index (χ3v) is 3.70. The quantitative estimate of drug-likeness (QED) is 0.740. The first-order chi connectivity index (χ1) is 11.1. The van der Waals surface area contributed by atoms with Crippen molar-refractivity contribution in [1.82, 2.24) is 19.6 Å². The van der Waals surface area contributed by atoms with Gasteiger partial charge in [-0.15, -0.1) is 5.10 Å². The first kappa shape index (κ1) is 15.0. The van der Waals surface area contributed by atoms with Gasteiger partial charge in [-0.25, -0.2) is 4.68 Å². The van der Waals surface area contributed by atoms with Crippen LogP contribution in [0.15, 0.2) is 47.5 Å². The molecular formula is C16H12ClN5O. The molecule has 0 aliphatic rings. The molecule has 6 nitrogen and oxygen atoms in total. The van der Waals surface area contributed by atoms with E-state index in [2.05, 4.69) is 10.3 Å². The molecule has 0 amide bonds. The second-order valence-electron chi connectivity index (χ2n) is 5.05. The smallest absolute Gasteiger partial charge is 0.269 e. The number of hydrogen-bond acceptors (Lipinski definition) is 4. The first-order valence-corrected chi connectivity index (χ1v) is 7.23. The van der Waals surface area contributed by atoms with Crippen molar-refractivity contribution in [3.8, 4) is 11.8 Å². The van der Waals surface area contributed by atoms with Gasteiger partial charge in [-0.1, -0.05) is 16.8 Å². The highest BCUT2D eigenvalue weighted by molar-refractivity contribution is 6.30. The molecule has 1 aromatic carbocycles. The zero-order chi connectivity index (χ0) is 16.4. The van der Waals surface area contributed by atoms with Crippen LogP contribution in [0.25, 0.3) is 5.69 Å². The summed E-state index contributed by atoms with van der Waals surface area (Å²) in [6.07, 6.45) is 3.39. The van der Waals surface area contributed by atoms with Crippen molar-refractivity contribution in [2.45, 2.75) is 13.5 Å². The summed E-state index contributed by atoms with van der Waals surface area (Å²) in [5.41, 5.74) is 1.93. The number of rotatable bonds is 3. The van der Waals surface area contributed by atoms with E-state index in [0.29, 0.717) is 16.3 Å². The SMILES string of the molecule is Cc1ccn(Cc2cn(-c3ccc(Cl)cc3)nn2)c(=O)c1C#N. The van der Waals surface area contributed by atoms with Gasteiger partial charge in [0, 0.05) is 11.2 Å². The maximum Gasteiger partial charge on any atom is 0.269 e. The van der Waals surface area contributed by atoms with E-state index in [1.54, 1.807) is 42.2 Å². The van der Waals surface area contributed by atoms with Crippen LogP contribution in [0.2, 0.25) is 5.02 Å². The number of aryl methyl sites for hydroxylation is 1. The fourth-order valence-electron chi connectivity index (χ4n) is 2.19. The number of nitrogens with zero attached hydrogens (tertiary/aromatic N) is 5. The maximum absolute atomic E-state index is 12.2. The van der Waals surface area contributed by atoms with E-state index in [1.807, 2.05) is 18.2 Å². The molecule has 0 saturated carbocycles. The maximum atomic E-state index is 12.2. The lowest BCUT2D eigenvalue weighted by atomic mass is 10.2. The molecule has 0 aliphatic heterocycles. The Morgan fingerprint density at radius 2 is 2.00 bits per heavy atom. The largest absolute Gasteiger partial charge is 0.308 e. The molecule has 0 radical (unpaired) electrons. The minimum Gasteiger partial charge on any atom is -0.308 e. The Labute approximate surface area is 137 Å². The van der Waals surface area contributed by atoms with Gasteiger partial charge < -0.3 is 4.57 Å². The van der Waals surface area contributed by atoms with E-state index >= 15 is 0 Å². The molecule has 3 rings (SSSR count). The predicted molar refractivity (Wildman–Crippen MR) is 85.6 cm³/mol. The third kappa shape index (κ3) is 3.00. The van der Waals surface area contributed by atoms with Gasteiger partial charge in [-0.2, -0.15) is 5.26 Å². The molecule has 0 unspecified atom stereocenters. The Morgan fingerprint density at radius 3 is 2.70 bits per heavy atom. The fourth-order valence-corrected chi connectivity index (χ4v) is 2.32. The number of benzene rings is 1. The summed E-state index contributed by atoms with van der Waals surface area (Å²) in [5.74, 6) is 0. The van der Waals surface area contributed by atoms with Gasteiger partial charge in [0.05, 0.1) is 18.4 Å². The summed E-state index contributed by atoms with van der Waals surface area (Å²) in [7, 11) is 0. The Balaban J connectivity index is 1.90. The molecule has 2 heterocycles. The van der Waals surface area contributed by atoms with Crippen molar-refractivity contribution in [3.63, 3.8) is 0 Å². The van der Waals surface area contributed by atoms with E-state index < -0.39 is 0 Å². The van der Waals surface area contributed by atoms with Crippen LogP contribution in [0.5, 0.6) is 0 Å². The summed E-state index contributed by atoms with van der Waals surface area (Å²) >= 11 is 5.86. The van der Waals surface area contributed by atoms with Crippen molar-refractivity contribution in [1.29, 1.82) is 5.26 Å². The van der Waals surface area contributed by atoms with E-state index in [0.717, 1.165) is 5.69 Å². The van der Waals surface area contributed by atoms with Gasteiger partial charge in [0.1, 0.15) is 17.3 Å². The van der Waals surface area contributed by atoms with Gasteiger partial charge in [0.15, 0.2) is 0 Å². The van der Waals surface area contributed by atoms with Gasteiger partial charge in [-0.05, 0) is 42.8 Å². The predicted octanol–water partition coefficient (Wildman–Crippen LogP) is 2.31. The molecule has 3 aromatic rings. The number of aromatic nitrogens is 4. The Morgan fingerprint density at radius 1 is 1.26 bits per heavy atom. The Kier molecular flexibility index (Phi) is 3.96. The zero-order valence-electron chi connectivity index (χ0n) is 12.3. The topological polar surface area (TPSA) is 76.5 Å². The highest BCUT2D eigenvalue weighted by Gasteiger charge is 2.09. The first-order valence-electron chi connectivity index (χ1n) is 6.86. The third-order valence-electron chi connectivity index (χ3n) is 3.45. The van der Waals surface area contributed by atoms with Crippen molar-refractivity contribution in [2.24, 2.45) is 0 Å². The second-order valence-corrected chi connectivity index (χ2v) is 5.49. The molecule has 0 aliphatic carbocycles.